The van der Waals surface area contributed by atoms with E-state index < -0.39 is 0 Å². The molecule has 0 bridgehead atoms. The molecule has 2 aromatic rings. The monoisotopic (exact) mass is 258 g/mol. The number of benzene rings is 2. The number of anilines is 1. The van der Waals surface area contributed by atoms with Crippen molar-refractivity contribution >= 4 is 11.6 Å². The molecule has 98 valence electrons. The summed E-state index contributed by atoms with van der Waals surface area (Å²) in [6.07, 6.45) is 0.0134. The zero-order chi connectivity index (χ0) is 13.7. The maximum Gasteiger partial charge on any atom is 0.228 e. The minimum absolute atomic E-state index is 0.0134. The molecule has 19 heavy (non-hydrogen) atoms. The van der Waals surface area contributed by atoms with Crippen LogP contribution in [-0.2, 0) is 17.8 Å². The van der Waals surface area contributed by atoms with Crippen LogP contribution in [0.3, 0.4) is 0 Å². The molecule has 4 heteroatoms. The highest BCUT2D eigenvalue weighted by molar-refractivity contribution is 5.92. The summed E-state index contributed by atoms with van der Waals surface area (Å²) >= 11 is 0. The summed E-state index contributed by atoms with van der Waals surface area (Å²) in [6.45, 7) is 0.414. The maximum atomic E-state index is 13.4. The van der Waals surface area contributed by atoms with Crippen LogP contribution in [0.15, 0.2) is 48.5 Å². The largest absolute Gasteiger partial charge is 0.326 e. The Hall–Kier alpha value is -2.20. The predicted octanol–water partition coefficient (Wildman–Crippen LogP) is 2.47. The highest BCUT2D eigenvalue weighted by atomic mass is 19.1. The van der Waals surface area contributed by atoms with Gasteiger partial charge in [-0.3, -0.25) is 4.79 Å². The smallest absolute Gasteiger partial charge is 0.228 e. The molecule has 0 radical (unpaired) electrons. The molecule has 0 aliphatic rings. The number of halogens is 1. The average molecular weight is 258 g/mol. The third kappa shape index (κ3) is 3.63. The third-order valence-corrected chi connectivity index (χ3v) is 2.76. The fourth-order valence-electron chi connectivity index (χ4n) is 1.80. The van der Waals surface area contributed by atoms with Gasteiger partial charge < -0.3 is 11.1 Å². The Morgan fingerprint density at radius 1 is 1.16 bits per heavy atom. The summed E-state index contributed by atoms with van der Waals surface area (Å²) < 4.78 is 13.4. The molecular formula is C15H15FN2O. The van der Waals surface area contributed by atoms with Crippen molar-refractivity contribution in [2.45, 2.75) is 13.0 Å². The molecule has 0 saturated carbocycles. The molecular weight excluding hydrogens is 243 g/mol. The molecule has 0 aromatic heterocycles. The van der Waals surface area contributed by atoms with Crippen molar-refractivity contribution in [2.24, 2.45) is 5.73 Å². The molecule has 2 rings (SSSR count). The van der Waals surface area contributed by atoms with Crippen molar-refractivity contribution in [1.82, 2.24) is 0 Å². The quantitative estimate of drug-likeness (QED) is 0.885. The van der Waals surface area contributed by atoms with E-state index >= 15 is 0 Å². The molecule has 0 saturated heterocycles. The number of carbonyl (C=O) groups is 1. The van der Waals surface area contributed by atoms with E-state index in [0.29, 0.717) is 17.8 Å². The van der Waals surface area contributed by atoms with E-state index in [0.717, 1.165) is 5.56 Å². The van der Waals surface area contributed by atoms with E-state index in [1.54, 1.807) is 30.3 Å². The topological polar surface area (TPSA) is 55.1 Å². The van der Waals surface area contributed by atoms with Crippen LogP contribution in [0.4, 0.5) is 10.1 Å². The molecule has 0 unspecified atom stereocenters. The summed E-state index contributed by atoms with van der Waals surface area (Å²) in [5.41, 5.74) is 7.52. The lowest BCUT2D eigenvalue weighted by molar-refractivity contribution is -0.115. The van der Waals surface area contributed by atoms with Crippen molar-refractivity contribution in [2.75, 3.05) is 5.32 Å². The Labute approximate surface area is 111 Å². The maximum absolute atomic E-state index is 13.4. The molecule has 3 N–H and O–H groups in total. The first-order valence-electron chi connectivity index (χ1n) is 6.01. The van der Waals surface area contributed by atoms with Gasteiger partial charge in [-0.25, -0.2) is 4.39 Å². The molecule has 0 atom stereocenters. The number of nitrogens with one attached hydrogen (secondary N) is 1. The van der Waals surface area contributed by atoms with Crippen LogP contribution >= 0.6 is 0 Å². The Balaban J connectivity index is 2.03. The van der Waals surface area contributed by atoms with Crippen molar-refractivity contribution in [1.29, 1.82) is 0 Å². The van der Waals surface area contributed by atoms with Gasteiger partial charge in [0.05, 0.1) is 6.42 Å². The summed E-state index contributed by atoms with van der Waals surface area (Å²) in [5.74, 6) is -0.618. The van der Waals surface area contributed by atoms with E-state index in [-0.39, 0.29) is 18.1 Å². The molecule has 0 aliphatic heterocycles. The number of hydrogen-bond acceptors (Lipinski definition) is 2. The Morgan fingerprint density at radius 2 is 1.95 bits per heavy atom. The first-order chi connectivity index (χ1) is 9.19. The van der Waals surface area contributed by atoms with Crippen LogP contribution in [0.25, 0.3) is 0 Å². The SMILES string of the molecule is NCc1cccc(NC(=O)Cc2ccccc2F)c1. The standard InChI is InChI=1S/C15H15FN2O/c16-14-7-2-1-5-12(14)9-15(19)18-13-6-3-4-11(8-13)10-17/h1-8H,9-10,17H2,(H,18,19). The van der Waals surface area contributed by atoms with Crippen LogP contribution in [0.2, 0.25) is 0 Å². The second-order valence-corrected chi connectivity index (χ2v) is 4.22. The van der Waals surface area contributed by atoms with Gasteiger partial charge in [0.2, 0.25) is 5.91 Å². The fraction of sp³-hybridized carbons (Fsp3) is 0.133. The highest BCUT2D eigenvalue weighted by Gasteiger charge is 2.07. The number of carbonyl (C=O) groups excluding carboxylic acids is 1. The van der Waals surface area contributed by atoms with Crippen molar-refractivity contribution < 1.29 is 9.18 Å². The van der Waals surface area contributed by atoms with Gasteiger partial charge in [0.25, 0.3) is 0 Å². The number of amides is 1. The molecule has 2 aromatic carbocycles. The minimum Gasteiger partial charge on any atom is -0.326 e. The first-order valence-corrected chi connectivity index (χ1v) is 6.01. The van der Waals surface area contributed by atoms with E-state index in [4.69, 9.17) is 5.73 Å². The molecule has 0 heterocycles. The predicted molar refractivity (Wildman–Crippen MR) is 73.1 cm³/mol. The Kier molecular flexibility index (Phi) is 4.26. The van der Waals surface area contributed by atoms with E-state index in [9.17, 15) is 9.18 Å². The average Bonchev–Trinajstić information content (AvgIpc) is 2.41. The first kappa shape index (κ1) is 13.2. The fourth-order valence-corrected chi connectivity index (χ4v) is 1.80. The van der Waals surface area contributed by atoms with E-state index in [2.05, 4.69) is 5.32 Å². The van der Waals surface area contributed by atoms with Gasteiger partial charge in [0, 0.05) is 12.2 Å². The zero-order valence-corrected chi connectivity index (χ0v) is 10.4. The lowest BCUT2D eigenvalue weighted by atomic mass is 10.1. The van der Waals surface area contributed by atoms with Gasteiger partial charge in [-0.2, -0.15) is 0 Å². The van der Waals surface area contributed by atoms with Gasteiger partial charge >= 0.3 is 0 Å². The third-order valence-electron chi connectivity index (χ3n) is 2.76. The van der Waals surface area contributed by atoms with Gasteiger partial charge in [-0.05, 0) is 29.3 Å². The van der Waals surface area contributed by atoms with Gasteiger partial charge in [-0.15, -0.1) is 0 Å². The zero-order valence-electron chi connectivity index (χ0n) is 10.4. The second kappa shape index (κ2) is 6.11. The van der Waals surface area contributed by atoms with Crippen LogP contribution in [0.1, 0.15) is 11.1 Å². The normalized spacial score (nSPS) is 10.2. The molecule has 0 spiro atoms. The van der Waals surface area contributed by atoms with Gasteiger partial charge in [0.15, 0.2) is 0 Å². The van der Waals surface area contributed by atoms with Crippen LogP contribution in [0, 0.1) is 5.82 Å². The molecule has 3 nitrogen and oxygen atoms in total. The summed E-state index contributed by atoms with van der Waals surface area (Å²) in [5, 5.41) is 2.73. The van der Waals surface area contributed by atoms with Crippen molar-refractivity contribution in [3.63, 3.8) is 0 Å². The van der Waals surface area contributed by atoms with Crippen LogP contribution < -0.4 is 11.1 Å². The minimum atomic E-state index is -0.367. The van der Waals surface area contributed by atoms with Crippen molar-refractivity contribution in [3.8, 4) is 0 Å². The van der Waals surface area contributed by atoms with Gasteiger partial charge in [0.1, 0.15) is 5.82 Å². The number of nitrogens with two attached hydrogens (primary N) is 1. The number of hydrogen-bond donors (Lipinski definition) is 2. The summed E-state index contributed by atoms with van der Waals surface area (Å²) in [4.78, 5) is 11.8. The van der Waals surface area contributed by atoms with Crippen LogP contribution in [0.5, 0.6) is 0 Å². The van der Waals surface area contributed by atoms with E-state index in [1.807, 2.05) is 12.1 Å². The lowest BCUT2D eigenvalue weighted by Gasteiger charge is -2.07. The Morgan fingerprint density at radius 3 is 2.68 bits per heavy atom. The molecule has 0 fully saturated rings. The van der Waals surface area contributed by atoms with Gasteiger partial charge in [-0.1, -0.05) is 30.3 Å². The highest BCUT2D eigenvalue weighted by Crippen LogP contribution is 2.12. The number of rotatable bonds is 4. The van der Waals surface area contributed by atoms with Crippen molar-refractivity contribution in [3.05, 3.63) is 65.5 Å². The Bertz CT molecular complexity index is 584. The van der Waals surface area contributed by atoms with Crippen LogP contribution in [-0.4, -0.2) is 5.91 Å². The van der Waals surface area contributed by atoms with E-state index in [1.165, 1.54) is 6.07 Å². The summed E-state index contributed by atoms with van der Waals surface area (Å²) in [7, 11) is 0. The second-order valence-electron chi connectivity index (χ2n) is 4.22. The molecule has 1 amide bonds. The summed E-state index contributed by atoms with van der Waals surface area (Å²) in [6, 6.07) is 13.5. The molecule has 0 aliphatic carbocycles. The lowest BCUT2D eigenvalue weighted by Crippen LogP contribution is -2.15.